The van der Waals surface area contributed by atoms with Crippen LogP contribution < -0.4 is 19.1 Å². The average Bonchev–Trinajstić information content (AvgIpc) is 3.46. The van der Waals surface area contributed by atoms with Gasteiger partial charge in [0.2, 0.25) is 0 Å². The number of aliphatic hydroxyl groups is 1. The van der Waals surface area contributed by atoms with Crippen LogP contribution in [0.25, 0.3) is 16.0 Å². The molecule has 37 heavy (non-hydrogen) atoms. The summed E-state index contributed by atoms with van der Waals surface area (Å²) in [7, 11) is 1.57. The number of amides is 1. The number of nitrogens with zero attached hydrogens (tertiary/aromatic N) is 2. The van der Waals surface area contributed by atoms with Gasteiger partial charge < -0.3 is 19.3 Å². The van der Waals surface area contributed by atoms with Gasteiger partial charge in [0, 0.05) is 10.6 Å². The first-order valence-electron chi connectivity index (χ1n) is 11.4. The molecule has 8 nitrogen and oxygen atoms in total. The van der Waals surface area contributed by atoms with Crippen LogP contribution in [0.4, 0.5) is 5.13 Å². The van der Waals surface area contributed by atoms with Crippen molar-refractivity contribution < 1.29 is 28.9 Å². The van der Waals surface area contributed by atoms with E-state index in [1.165, 1.54) is 16.2 Å². The number of thiazole rings is 1. The molecule has 0 radical (unpaired) electrons. The zero-order chi connectivity index (χ0) is 25.7. The predicted molar refractivity (Wildman–Crippen MR) is 140 cm³/mol. The number of anilines is 1. The normalized spacial score (nSPS) is 18.4. The Morgan fingerprint density at radius 3 is 2.57 bits per heavy atom. The summed E-state index contributed by atoms with van der Waals surface area (Å²) in [6.07, 6.45) is 0. The van der Waals surface area contributed by atoms with E-state index in [1.807, 2.05) is 6.07 Å². The molecule has 1 fully saturated rings. The van der Waals surface area contributed by atoms with E-state index in [-0.39, 0.29) is 11.3 Å². The monoisotopic (exact) mass is 534 g/mol. The molecule has 2 aliphatic heterocycles. The number of carbonyl (C=O) groups is 2. The first-order chi connectivity index (χ1) is 17.9. The van der Waals surface area contributed by atoms with E-state index >= 15 is 0 Å². The Morgan fingerprint density at radius 1 is 1.05 bits per heavy atom. The summed E-state index contributed by atoms with van der Waals surface area (Å²) in [6.45, 7) is 0.794. The molecular weight excluding hydrogens is 516 g/mol. The van der Waals surface area contributed by atoms with Crippen molar-refractivity contribution in [1.29, 1.82) is 0 Å². The molecule has 1 unspecified atom stereocenters. The number of Topliss-reactive ketones (excluding diaryl/α,β-unsaturated/α-hetero) is 1. The average molecular weight is 535 g/mol. The fourth-order valence-electron chi connectivity index (χ4n) is 4.46. The molecule has 1 amide bonds. The van der Waals surface area contributed by atoms with Crippen LogP contribution in [0, 0.1) is 0 Å². The molecule has 10 heteroatoms. The van der Waals surface area contributed by atoms with Crippen LogP contribution in [0.15, 0.2) is 66.2 Å². The zero-order valence-electron chi connectivity index (χ0n) is 19.4. The number of ether oxygens (including phenoxy) is 3. The summed E-state index contributed by atoms with van der Waals surface area (Å²) in [5.74, 6) is -0.275. The second-order valence-corrected chi connectivity index (χ2v) is 9.85. The summed E-state index contributed by atoms with van der Waals surface area (Å²) in [5, 5.41) is 12.2. The van der Waals surface area contributed by atoms with Gasteiger partial charge in [0.15, 0.2) is 16.6 Å². The lowest BCUT2D eigenvalue weighted by Crippen LogP contribution is -2.29. The SMILES string of the molecule is COc1ccc2nc(N3C(=O)C(=O)/C(=C(\O)c4ccc5c(c4)OCCO5)C3c3ccc(Cl)cc3)sc2c1. The molecule has 1 aromatic heterocycles. The van der Waals surface area contributed by atoms with Crippen molar-refractivity contribution >= 4 is 55.7 Å². The van der Waals surface area contributed by atoms with Crippen molar-refractivity contribution in [1.82, 2.24) is 4.98 Å². The number of fused-ring (bicyclic) bond motifs is 2. The molecule has 1 saturated heterocycles. The number of methoxy groups -OCH3 is 1. The number of rotatable bonds is 4. The standard InChI is InChI=1S/C27H19ClN2O6S/c1-34-17-7-8-18-21(13-17)37-27(29-18)30-23(14-2-5-16(28)6-3-14)22(25(32)26(30)33)24(31)15-4-9-19-20(12-15)36-11-10-35-19/h2-9,12-13,23,31H,10-11H2,1H3/b24-22-. The molecule has 3 aromatic carbocycles. The van der Waals surface area contributed by atoms with Crippen molar-refractivity contribution in [3.8, 4) is 17.2 Å². The number of aromatic nitrogens is 1. The van der Waals surface area contributed by atoms with Crippen LogP contribution in [-0.2, 0) is 9.59 Å². The second-order valence-electron chi connectivity index (χ2n) is 8.41. The number of carbonyl (C=O) groups excluding carboxylic acids is 2. The lowest BCUT2D eigenvalue weighted by molar-refractivity contribution is -0.132. The third kappa shape index (κ3) is 3.96. The van der Waals surface area contributed by atoms with E-state index in [1.54, 1.807) is 61.7 Å². The fraction of sp³-hybridized carbons (Fsp3) is 0.148. The van der Waals surface area contributed by atoms with Gasteiger partial charge in [-0.1, -0.05) is 35.1 Å². The molecule has 0 spiro atoms. The summed E-state index contributed by atoms with van der Waals surface area (Å²) < 4.78 is 17.3. The Balaban J connectivity index is 1.52. The number of hydrogen-bond acceptors (Lipinski definition) is 8. The molecule has 186 valence electrons. The van der Waals surface area contributed by atoms with E-state index in [0.29, 0.717) is 57.3 Å². The van der Waals surface area contributed by atoms with Crippen LogP contribution in [-0.4, -0.2) is 42.1 Å². The molecule has 3 heterocycles. The molecule has 6 rings (SSSR count). The Morgan fingerprint density at radius 2 is 1.81 bits per heavy atom. The highest BCUT2D eigenvalue weighted by Crippen LogP contribution is 2.45. The highest BCUT2D eigenvalue weighted by molar-refractivity contribution is 7.22. The van der Waals surface area contributed by atoms with Gasteiger partial charge in [0.1, 0.15) is 24.7 Å². The number of ketones is 1. The summed E-state index contributed by atoms with van der Waals surface area (Å²) in [4.78, 5) is 32.8. The van der Waals surface area contributed by atoms with Gasteiger partial charge in [-0.25, -0.2) is 4.98 Å². The minimum absolute atomic E-state index is 0.0548. The van der Waals surface area contributed by atoms with Crippen molar-refractivity contribution in [3.05, 3.63) is 82.4 Å². The van der Waals surface area contributed by atoms with Gasteiger partial charge in [0.25, 0.3) is 5.78 Å². The molecular formula is C27H19ClN2O6S. The Labute approximate surface area is 220 Å². The third-order valence-electron chi connectivity index (χ3n) is 6.24. The predicted octanol–water partition coefficient (Wildman–Crippen LogP) is 5.36. The molecule has 0 bridgehead atoms. The number of halogens is 1. The van der Waals surface area contributed by atoms with Gasteiger partial charge in [-0.3, -0.25) is 14.5 Å². The number of hydrogen-bond donors (Lipinski definition) is 1. The van der Waals surface area contributed by atoms with Crippen LogP contribution in [0.3, 0.4) is 0 Å². The van der Waals surface area contributed by atoms with Gasteiger partial charge in [-0.2, -0.15) is 0 Å². The first-order valence-corrected chi connectivity index (χ1v) is 12.5. The van der Waals surface area contributed by atoms with Gasteiger partial charge in [-0.05, 0) is 54.1 Å². The summed E-state index contributed by atoms with van der Waals surface area (Å²) >= 11 is 7.37. The zero-order valence-corrected chi connectivity index (χ0v) is 21.0. The van der Waals surface area contributed by atoms with Crippen LogP contribution in [0.2, 0.25) is 5.02 Å². The summed E-state index contributed by atoms with van der Waals surface area (Å²) in [5.41, 5.74) is 1.53. The maximum Gasteiger partial charge on any atom is 0.301 e. The Kier molecular flexibility index (Phi) is 5.73. The van der Waals surface area contributed by atoms with Crippen molar-refractivity contribution in [2.24, 2.45) is 0 Å². The molecule has 0 aliphatic carbocycles. The van der Waals surface area contributed by atoms with Gasteiger partial charge in [-0.15, -0.1) is 0 Å². The lowest BCUT2D eigenvalue weighted by atomic mass is 9.95. The Bertz CT molecular complexity index is 1600. The highest BCUT2D eigenvalue weighted by Gasteiger charge is 2.48. The van der Waals surface area contributed by atoms with E-state index < -0.39 is 17.7 Å². The second kappa shape index (κ2) is 9.10. The first kappa shape index (κ1) is 23.3. The van der Waals surface area contributed by atoms with Crippen LogP contribution >= 0.6 is 22.9 Å². The van der Waals surface area contributed by atoms with Gasteiger partial charge >= 0.3 is 5.91 Å². The van der Waals surface area contributed by atoms with E-state index in [0.717, 1.165) is 4.70 Å². The molecule has 1 N–H and O–H groups in total. The van der Waals surface area contributed by atoms with Crippen LogP contribution in [0.5, 0.6) is 17.2 Å². The van der Waals surface area contributed by atoms with Crippen molar-refractivity contribution in [3.63, 3.8) is 0 Å². The molecule has 2 aliphatic rings. The van der Waals surface area contributed by atoms with Crippen molar-refractivity contribution in [2.75, 3.05) is 25.2 Å². The molecule has 4 aromatic rings. The third-order valence-corrected chi connectivity index (χ3v) is 7.51. The smallest absolute Gasteiger partial charge is 0.301 e. The fourth-order valence-corrected chi connectivity index (χ4v) is 5.61. The van der Waals surface area contributed by atoms with Gasteiger partial charge in [0.05, 0.1) is 28.9 Å². The minimum Gasteiger partial charge on any atom is -0.507 e. The number of aliphatic hydroxyl groups excluding tert-OH is 1. The maximum atomic E-state index is 13.4. The minimum atomic E-state index is -0.923. The lowest BCUT2D eigenvalue weighted by Gasteiger charge is -2.23. The maximum absolute atomic E-state index is 13.4. The van der Waals surface area contributed by atoms with Crippen LogP contribution in [0.1, 0.15) is 17.2 Å². The topological polar surface area (TPSA) is 98.2 Å². The summed E-state index contributed by atoms with van der Waals surface area (Å²) in [6, 6.07) is 16.1. The van der Waals surface area contributed by atoms with Crippen molar-refractivity contribution in [2.45, 2.75) is 6.04 Å². The Hall–Kier alpha value is -4.08. The highest BCUT2D eigenvalue weighted by atomic mass is 35.5. The number of benzene rings is 3. The van der Waals surface area contributed by atoms with E-state index in [2.05, 4.69) is 4.98 Å². The molecule has 1 atom stereocenters. The van der Waals surface area contributed by atoms with E-state index in [4.69, 9.17) is 25.8 Å². The molecule has 0 saturated carbocycles. The largest absolute Gasteiger partial charge is 0.507 e. The van der Waals surface area contributed by atoms with E-state index in [9.17, 15) is 14.7 Å². The quantitative estimate of drug-likeness (QED) is 0.214.